The molecule has 3 rings (SSSR count). The Labute approximate surface area is 134 Å². The summed E-state index contributed by atoms with van der Waals surface area (Å²) in [7, 11) is 0. The number of hydrogen-bond donors (Lipinski definition) is 1. The third-order valence-electron chi connectivity index (χ3n) is 3.67. The van der Waals surface area contributed by atoms with Gasteiger partial charge in [-0.15, -0.1) is 0 Å². The SMILES string of the molecule is CC1(C)CN(C(=O)Nc2ccc(F)cc2)Cc2ccccc2O1. The number of nitrogens with one attached hydrogen (secondary N) is 1. The number of urea groups is 1. The molecule has 0 aromatic heterocycles. The van der Waals surface area contributed by atoms with Crippen LogP contribution < -0.4 is 10.1 Å². The van der Waals surface area contributed by atoms with Gasteiger partial charge in [-0.1, -0.05) is 18.2 Å². The minimum Gasteiger partial charge on any atom is -0.486 e. The maximum absolute atomic E-state index is 13.0. The molecule has 5 heteroatoms. The molecule has 0 fully saturated rings. The lowest BCUT2D eigenvalue weighted by Gasteiger charge is -2.29. The molecular weight excluding hydrogens is 295 g/mol. The maximum Gasteiger partial charge on any atom is 0.322 e. The van der Waals surface area contributed by atoms with Gasteiger partial charge in [0.25, 0.3) is 0 Å². The molecule has 120 valence electrons. The van der Waals surface area contributed by atoms with Crippen molar-refractivity contribution in [2.75, 3.05) is 11.9 Å². The number of carbonyl (C=O) groups excluding carboxylic acids is 1. The molecule has 1 aliphatic heterocycles. The Hall–Kier alpha value is -2.56. The van der Waals surface area contributed by atoms with Crippen molar-refractivity contribution in [2.45, 2.75) is 26.0 Å². The number of hydrogen-bond acceptors (Lipinski definition) is 2. The van der Waals surface area contributed by atoms with Crippen molar-refractivity contribution in [2.24, 2.45) is 0 Å². The molecule has 4 nitrogen and oxygen atoms in total. The van der Waals surface area contributed by atoms with Crippen LogP contribution in [0.25, 0.3) is 0 Å². The number of nitrogens with zero attached hydrogens (tertiary/aromatic N) is 1. The van der Waals surface area contributed by atoms with E-state index in [2.05, 4.69) is 5.32 Å². The molecule has 1 aliphatic rings. The largest absolute Gasteiger partial charge is 0.486 e. The zero-order valence-electron chi connectivity index (χ0n) is 13.2. The molecule has 0 saturated carbocycles. The lowest BCUT2D eigenvalue weighted by atomic mass is 10.1. The first kappa shape index (κ1) is 15.3. The van der Waals surface area contributed by atoms with E-state index in [0.29, 0.717) is 18.8 Å². The van der Waals surface area contributed by atoms with Crippen molar-refractivity contribution >= 4 is 11.7 Å². The van der Waals surface area contributed by atoms with Gasteiger partial charge in [-0.05, 0) is 44.2 Å². The Kier molecular flexibility index (Phi) is 3.94. The van der Waals surface area contributed by atoms with Crippen LogP contribution in [0.15, 0.2) is 48.5 Å². The van der Waals surface area contributed by atoms with Gasteiger partial charge in [-0.3, -0.25) is 0 Å². The molecule has 0 spiro atoms. The average molecular weight is 314 g/mol. The second-order valence-electron chi connectivity index (χ2n) is 6.26. The molecule has 0 unspecified atom stereocenters. The molecule has 2 aromatic rings. The second kappa shape index (κ2) is 5.91. The molecule has 0 radical (unpaired) electrons. The van der Waals surface area contributed by atoms with Crippen LogP contribution in [0.5, 0.6) is 5.75 Å². The summed E-state index contributed by atoms with van der Waals surface area (Å²) in [5.74, 6) is 0.468. The van der Waals surface area contributed by atoms with Crippen LogP contribution in [0.1, 0.15) is 19.4 Å². The molecule has 23 heavy (non-hydrogen) atoms. The molecule has 1 heterocycles. The predicted molar refractivity (Wildman–Crippen MR) is 87.0 cm³/mol. The number of carbonyl (C=O) groups is 1. The zero-order valence-corrected chi connectivity index (χ0v) is 13.2. The predicted octanol–water partition coefficient (Wildman–Crippen LogP) is 4.03. The molecule has 0 atom stereocenters. The summed E-state index contributed by atoms with van der Waals surface area (Å²) < 4.78 is 19.0. The summed E-state index contributed by atoms with van der Waals surface area (Å²) in [5, 5.41) is 2.80. The monoisotopic (exact) mass is 314 g/mol. The quantitative estimate of drug-likeness (QED) is 0.863. The van der Waals surface area contributed by atoms with Gasteiger partial charge in [-0.2, -0.15) is 0 Å². The van der Waals surface area contributed by atoms with E-state index in [0.717, 1.165) is 11.3 Å². The van der Waals surface area contributed by atoms with Gasteiger partial charge in [0, 0.05) is 11.3 Å². The van der Waals surface area contributed by atoms with E-state index in [1.54, 1.807) is 17.0 Å². The van der Waals surface area contributed by atoms with Gasteiger partial charge in [0.2, 0.25) is 0 Å². The van der Waals surface area contributed by atoms with E-state index in [-0.39, 0.29) is 11.8 Å². The first-order chi connectivity index (χ1) is 10.9. The summed E-state index contributed by atoms with van der Waals surface area (Å²) in [4.78, 5) is 14.3. The van der Waals surface area contributed by atoms with Crippen molar-refractivity contribution in [3.05, 3.63) is 59.9 Å². The Bertz CT molecular complexity index is 713. The minimum atomic E-state index is -0.493. The third-order valence-corrected chi connectivity index (χ3v) is 3.67. The number of ether oxygens (including phenoxy) is 1. The van der Waals surface area contributed by atoms with Crippen molar-refractivity contribution in [1.29, 1.82) is 0 Å². The third kappa shape index (κ3) is 3.62. The number of para-hydroxylation sites is 1. The molecule has 0 saturated heterocycles. The molecule has 1 N–H and O–H groups in total. The summed E-state index contributed by atoms with van der Waals surface area (Å²) >= 11 is 0. The van der Waals surface area contributed by atoms with Crippen LogP contribution in [-0.4, -0.2) is 23.1 Å². The normalized spacial score (nSPS) is 16.0. The number of halogens is 1. The van der Waals surface area contributed by atoms with Crippen LogP contribution in [0.3, 0.4) is 0 Å². The average Bonchev–Trinajstić information content (AvgIpc) is 2.64. The fourth-order valence-electron chi connectivity index (χ4n) is 2.66. The zero-order chi connectivity index (χ0) is 16.4. The lowest BCUT2D eigenvalue weighted by molar-refractivity contribution is 0.0835. The van der Waals surface area contributed by atoms with E-state index in [4.69, 9.17) is 4.74 Å². The fraction of sp³-hybridized carbons (Fsp3) is 0.278. The van der Waals surface area contributed by atoms with Crippen LogP contribution in [0.2, 0.25) is 0 Å². The number of fused-ring (bicyclic) bond motifs is 1. The van der Waals surface area contributed by atoms with E-state index in [1.165, 1.54) is 12.1 Å². The standard InChI is InChI=1S/C18H19FN2O2/c1-18(2)12-21(11-13-5-3-4-6-16(13)23-18)17(22)20-15-9-7-14(19)8-10-15/h3-10H,11-12H2,1-2H3,(H,20,22). The van der Waals surface area contributed by atoms with Crippen LogP contribution in [0, 0.1) is 5.82 Å². The van der Waals surface area contributed by atoms with Crippen molar-refractivity contribution in [3.8, 4) is 5.75 Å². The highest BCUT2D eigenvalue weighted by Gasteiger charge is 2.31. The minimum absolute atomic E-state index is 0.231. The topological polar surface area (TPSA) is 41.6 Å². The first-order valence-electron chi connectivity index (χ1n) is 7.51. The number of amides is 2. The van der Waals surface area contributed by atoms with Gasteiger partial charge >= 0.3 is 6.03 Å². The first-order valence-corrected chi connectivity index (χ1v) is 7.51. The van der Waals surface area contributed by atoms with Gasteiger partial charge in [-0.25, -0.2) is 9.18 Å². The van der Waals surface area contributed by atoms with E-state index in [1.807, 2.05) is 38.1 Å². The second-order valence-corrected chi connectivity index (χ2v) is 6.26. The summed E-state index contributed by atoms with van der Waals surface area (Å²) in [6.45, 7) is 4.82. The van der Waals surface area contributed by atoms with Crippen molar-refractivity contribution in [3.63, 3.8) is 0 Å². The van der Waals surface area contributed by atoms with Crippen LogP contribution in [-0.2, 0) is 6.54 Å². The fourth-order valence-corrected chi connectivity index (χ4v) is 2.66. The maximum atomic E-state index is 13.0. The van der Waals surface area contributed by atoms with Crippen LogP contribution >= 0.6 is 0 Å². The molecule has 0 aliphatic carbocycles. The highest BCUT2D eigenvalue weighted by atomic mass is 19.1. The molecule has 0 bridgehead atoms. The number of benzene rings is 2. The van der Waals surface area contributed by atoms with Crippen molar-refractivity contribution in [1.82, 2.24) is 4.90 Å². The van der Waals surface area contributed by atoms with Gasteiger partial charge in [0.1, 0.15) is 17.2 Å². The Morgan fingerprint density at radius 3 is 2.61 bits per heavy atom. The molecule has 2 amide bonds. The Morgan fingerprint density at radius 1 is 1.17 bits per heavy atom. The van der Waals surface area contributed by atoms with Gasteiger partial charge < -0.3 is 15.0 Å². The lowest BCUT2D eigenvalue weighted by Crippen LogP contribution is -2.44. The molecular formula is C18H19FN2O2. The highest BCUT2D eigenvalue weighted by Crippen LogP contribution is 2.29. The van der Waals surface area contributed by atoms with Gasteiger partial charge in [0.15, 0.2) is 0 Å². The van der Waals surface area contributed by atoms with E-state index < -0.39 is 5.60 Å². The molecule has 2 aromatic carbocycles. The Balaban J connectivity index is 1.81. The van der Waals surface area contributed by atoms with E-state index in [9.17, 15) is 9.18 Å². The number of anilines is 1. The van der Waals surface area contributed by atoms with Crippen LogP contribution in [0.4, 0.5) is 14.9 Å². The van der Waals surface area contributed by atoms with E-state index >= 15 is 0 Å². The van der Waals surface area contributed by atoms with Crippen molar-refractivity contribution < 1.29 is 13.9 Å². The summed E-state index contributed by atoms with van der Waals surface area (Å²) in [5.41, 5.74) is 1.03. The highest BCUT2D eigenvalue weighted by molar-refractivity contribution is 5.89. The summed E-state index contributed by atoms with van der Waals surface area (Å²) in [6, 6.07) is 13.2. The summed E-state index contributed by atoms with van der Waals surface area (Å²) in [6.07, 6.45) is 0. The Morgan fingerprint density at radius 2 is 1.87 bits per heavy atom. The smallest absolute Gasteiger partial charge is 0.322 e. The number of rotatable bonds is 1. The van der Waals surface area contributed by atoms with Gasteiger partial charge in [0.05, 0.1) is 13.1 Å².